The van der Waals surface area contributed by atoms with E-state index in [0.29, 0.717) is 13.1 Å². The standard InChI is InChI=1S/C25H31N3O4S/c1-19-9-11-21(12-10-19)33(31,32)28-17-15-27(16-18-28)25(30)14-13-24(29)26-23-8-4-6-20-5-2-3-7-22(20)23/h2-3,5,7,9-12,23H,4,6,8,13-18H2,1H3,(H,26,29)/t23-/m0/s1. The molecular formula is C25H31N3O4S. The molecule has 33 heavy (non-hydrogen) atoms. The molecule has 0 radical (unpaired) electrons. The van der Waals surface area contributed by atoms with Crippen LogP contribution in [0.3, 0.4) is 0 Å². The first-order valence-electron chi connectivity index (χ1n) is 11.6. The zero-order valence-corrected chi connectivity index (χ0v) is 19.8. The number of nitrogens with zero attached hydrogens (tertiary/aromatic N) is 2. The first-order chi connectivity index (χ1) is 15.8. The molecule has 0 aromatic heterocycles. The zero-order chi connectivity index (χ0) is 23.4. The fraction of sp³-hybridized carbons (Fsp3) is 0.440. The van der Waals surface area contributed by atoms with E-state index in [1.807, 2.05) is 19.1 Å². The predicted molar refractivity (Wildman–Crippen MR) is 126 cm³/mol. The van der Waals surface area contributed by atoms with Crippen molar-refractivity contribution in [2.75, 3.05) is 26.2 Å². The number of carbonyl (C=O) groups is 2. The Bertz CT molecular complexity index is 1110. The molecule has 4 rings (SSSR count). The second-order valence-corrected chi connectivity index (χ2v) is 10.7. The van der Waals surface area contributed by atoms with Gasteiger partial charge >= 0.3 is 0 Å². The lowest BCUT2D eigenvalue weighted by atomic mass is 9.87. The van der Waals surface area contributed by atoms with Gasteiger partial charge in [0.2, 0.25) is 21.8 Å². The van der Waals surface area contributed by atoms with Crippen molar-refractivity contribution in [2.45, 2.75) is 50.0 Å². The topological polar surface area (TPSA) is 86.8 Å². The summed E-state index contributed by atoms with van der Waals surface area (Å²) in [5.41, 5.74) is 3.46. The van der Waals surface area contributed by atoms with Crippen LogP contribution in [0.4, 0.5) is 0 Å². The van der Waals surface area contributed by atoms with Gasteiger partial charge in [-0.3, -0.25) is 9.59 Å². The molecule has 1 heterocycles. The molecule has 2 aromatic carbocycles. The number of fused-ring (bicyclic) bond motifs is 1. The number of hydrogen-bond acceptors (Lipinski definition) is 4. The molecule has 2 amide bonds. The van der Waals surface area contributed by atoms with Gasteiger partial charge < -0.3 is 10.2 Å². The molecule has 0 spiro atoms. The molecule has 1 aliphatic carbocycles. The van der Waals surface area contributed by atoms with E-state index in [1.54, 1.807) is 29.2 Å². The maximum absolute atomic E-state index is 12.8. The molecular weight excluding hydrogens is 438 g/mol. The highest BCUT2D eigenvalue weighted by Crippen LogP contribution is 2.29. The quantitative estimate of drug-likeness (QED) is 0.705. The first-order valence-corrected chi connectivity index (χ1v) is 13.0. The monoisotopic (exact) mass is 469 g/mol. The smallest absolute Gasteiger partial charge is 0.243 e. The molecule has 7 nitrogen and oxygen atoms in total. The average molecular weight is 470 g/mol. The second-order valence-electron chi connectivity index (χ2n) is 8.81. The van der Waals surface area contributed by atoms with Crippen molar-refractivity contribution in [1.29, 1.82) is 0 Å². The van der Waals surface area contributed by atoms with Gasteiger partial charge in [0.15, 0.2) is 0 Å². The first kappa shape index (κ1) is 23.4. The van der Waals surface area contributed by atoms with Crippen LogP contribution in [-0.4, -0.2) is 55.6 Å². The highest BCUT2D eigenvalue weighted by Gasteiger charge is 2.30. The Labute approximate surface area is 195 Å². The van der Waals surface area contributed by atoms with Gasteiger partial charge in [0.05, 0.1) is 10.9 Å². The van der Waals surface area contributed by atoms with Crippen molar-refractivity contribution in [3.63, 3.8) is 0 Å². The maximum atomic E-state index is 12.8. The summed E-state index contributed by atoms with van der Waals surface area (Å²) in [5, 5.41) is 3.09. The Balaban J connectivity index is 1.25. The molecule has 2 aromatic rings. The summed E-state index contributed by atoms with van der Waals surface area (Å²) in [7, 11) is -3.56. The number of carbonyl (C=O) groups excluding carboxylic acids is 2. The molecule has 1 atom stereocenters. The maximum Gasteiger partial charge on any atom is 0.243 e. The fourth-order valence-corrected chi connectivity index (χ4v) is 6.01. The minimum atomic E-state index is -3.56. The molecule has 2 aliphatic rings. The van der Waals surface area contributed by atoms with Crippen molar-refractivity contribution in [2.24, 2.45) is 0 Å². The van der Waals surface area contributed by atoms with Crippen LogP contribution < -0.4 is 5.32 Å². The molecule has 0 bridgehead atoms. The molecule has 1 saturated heterocycles. The number of nitrogens with one attached hydrogen (secondary N) is 1. The fourth-order valence-electron chi connectivity index (χ4n) is 4.59. The predicted octanol–water partition coefficient (Wildman–Crippen LogP) is 2.80. The second kappa shape index (κ2) is 10.1. The Morgan fingerprint density at radius 3 is 2.39 bits per heavy atom. The van der Waals surface area contributed by atoms with Crippen LogP contribution in [0.1, 0.15) is 48.4 Å². The summed E-state index contributed by atoms with van der Waals surface area (Å²) in [6.45, 7) is 3.10. The van der Waals surface area contributed by atoms with E-state index in [9.17, 15) is 18.0 Å². The van der Waals surface area contributed by atoms with Crippen LogP contribution in [-0.2, 0) is 26.0 Å². The van der Waals surface area contributed by atoms with Gasteiger partial charge in [-0.1, -0.05) is 42.0 Å². The van der Waals surface area contributed by atoms with Gasteiger partial charge in [0.25, 0.3) is 0 Å². The molecule has 1 fully saturated rings. The number of benzene rings is 2. The lowest BCUT2D eigenvalue weighted by Crippen LogP contribution is -2.50. The van der Waals surface area contributed by atoms with Gasteiger partial charge in [0.1, 0.15) is 0 Å². The lowest BCUT2D eigenvalue weighted by molar-refractivity contribution is -0.134. The highest BCUT2D eigenvalue weighted by molar-refractivity contribution is 7.89. The summed E-state index contributed by atoms with van der Waals surface area (Å²) in [4.78, 5) is 27.1. The van der Waals surface area contributed by atoms with Gasteiger partial charge in [-0.25, -0.2) is 8.42 Å². The lowest BCUT2D eigenvalue weighted by Gasteiger charge is -2.34. The van der Waals surface area contributed by atoms with E-state index >= 15 is 0 Å². The Kier molecular flexibility index (Phi) is 7.14. The van der Waals surface area contributed by atoms with Crippen molar-refractivity contribution in [1.82, 2.24) is 14.5 Å². The van der Waals surface area contributed by atoms with E-state index in [2.05, 4.69) is 17.4 Å². The van der Waals surface area contributed by atoms with Gasteiger partial charge in [0, 0.05) is 39.0 Å². The molecule has 8 heteroatoms. The highest BCUT2D eigenvalue weighted by atomic mass is 32.2. The van der Waals surface area contributed by atoms with Crippen LogP contribution in [0.2, 0.25) is 0 Å². The number of piperazine rings is 1. The largest absolute Gasteiger partial charge is 0.349 e. The number of rotatable bonds is 6. The van der Waals surface area contributed by atoms with E-state index < -0.39 is 10.0 Å². The van der Waals surface area contributed by atoms with E-state index in [4.69, 9.17) is 0 Å². The number of sulfonamides is 1. The minimum Gasteiger partial charge on any atom is -0.349 e. The van der Waals surface area contributed by atoms with Crippen molar-refractivity contribution in [3.05, 3.63) is 65.2 Å². The SMILES string of the molecule is Cc1ccc(S(=O)(=O)N2CCN(C(=O)CCC(=O)N[C@H]3CCCc4ccccc43)CC2)cc1. The van der Waals surface area contributed by atoms with Crippen molar-refractivity contribution in [3.8, 4) is 0 Å². The molecule has 0 unspecified atom stereocenters. The Hall–Kier alpha value is -2.71. The summed E-state index contributed by atoms with van der Waals surface area (Å²) < 4.78 is 27.1. The van der Waals surface area contributed by atoms with E-state index in [1.165, 1.54) is 15.4 Å². The summed E-state index contributed by atoms with van der Waals surface area (Å²) in [6.07, 6.45) is 3.25. The van der Waals surface area contributed by atoms with Gasteiger partial charge in [-0.2, -0.15) is 4.31 Å². The van der Waals surface area contributed by atoms with Crippen LogP contribution in [0.5, 0.6) is 0 Å². The molecule has 176 valence electrons. The van der Waals surface area contributed by atoms with Crippen LogP contribution >= 0.6 is 0 Å². The third-order valence-electron chi connectivity index (χ3n) is 6.52. The van der Waals surface area contributed by atoms with Crippen molar-refractivity contribution < 1.29 is 18.0 Å². The number of hydrogen-bond donors (Lipinski definition) is 1. The van der Waals surface area contributed by atoms with Crippen LogP contribution in [0.15, 0.2) is 53.4 Å². The number of aryl methyl sites for hydroxylation is 2. The van der Waals surface area contributed by atoms with Crippen LogP contribution in [0.25, 0.3) is 0 Å². The summed E-state index contributed by atoms with van der Waals surface area (Å²) >= 11 is 0. The molecule has 1 aliphatic heterocycles. The zero-order valence-electron chi connectivity index (χ0n) is 19.0. The van der Waals surface area contributed by atoms with E-state index in [-0.39, 0.29) is 48.7 Å². The third kappa shape index (κ3) is 5.45. The molecule has 0 saturated carbocycles. The Morgan fingerprint density at radius 1 is 0.970 bits per heavy atom. The summed E-state index contributed by atoms with van der Waals surface area (Å²) in [6, 6.07) is 15.0. The van der Waals surface area contributed by atoms with E-state index in [0.717, 1.165) is 24.8 Å². The minimum absolute atomic E-state index is 0.00748. The third-order valence-corrected chi connectivity index (χ3v) is 8.43. The normalized spacial score (nSPS) is 19.1. The summed E-state index contributed by atoms with van der Waals surface area (Å²) in [5.74, 6) is -0.229. The van der Waals surface area contributed by atoms with Crippen LogP contribution in [0, 0.1) is 6.92 Å². The number of amides is 2. The molecule has 1 N–H and O–H groups in total. The van der Waals surface area contributed by atoms with Gasteiger partial charge in [-0.15, -0.1) is 0 Å². The van der Waals surface area contributed by atoms with Crippen molar-refractivity contribution >= 4 is 21.8 Å². The van der Waals surface area contributed by atoms with Gasteiger partial charge in [-0.05, 0) is 49.4 Å². The average Bonchev–Trinajstić information content (AvgIpc) is 2.83. The Morgan fingerprint density at radius 2 is 1.67 bits per heavy atom.